The quantitative estimate of drug-likeness (QED) is 0.821. The Morgan fingerprint density at radius 3 is 2.83 bits per heavy atom. The van der Waals surface area contributed by atoms with Crippen molar-refractivity contribution in [3.05, 3.63) is 17.5 Å². The lowest BCUT2D eigenvalue weighted by atomic mass is 9.93. The normalized spacial score (nSPS) is 24.0. The van der Waals surface area contributed by atoms with Gasteiger partial charge < -0.3 is 14.5 Å². The van der Waals surface area contributed by atoms with E-state index >= 15 is 0 Å². The molecule has 0 aromatic carbocycles. The van der Waals surface area contributed by atoms with Crippen LogP contribution in [0.25, 0.3) is 0 Å². The summed E-state index contributed by atoms with van der Waals surface area (Å²) in [4.78, 5) is 16.9. The van der Waals surface area contributed by atoms with Crippen molar-refractivity contribution in [2.24, 2.45) is 5.92 Å². The molecule has 0 saturated carbocycles. The Hall–Kier alpha value is -1.40. The monoisotopic (exact) mass is 334 g/mol. The minimum absolute atomic E-state index is 0.0796. The molecule has 2 aliphatic rings. The lowest BCUT2D eigenvalue weighted by Crippen LogP contribution is -2.38. The van der Waals surface area contributed by atoms with Crippen molar-refractivity contribution in [1.82, 2.24) is 19.6 Å². The lowest BCUT2D eigenvalue weighted by Gasteiger charge is -2.29. The molecular formula is C18H30N4O2. The number of rotatable bonds is 5. The van der Waals surface area contributed by atoms with Crippen LogP contribution in [0.3, 0.4) is 0 Å². The van der Waals surface area contributed by atoms with Crippen LogP contribution >= 0.6 is 0 Å². The number of aryl methyl sites for hydroxylation is 1. The maximum atomic E-state index is 12.9. The topological polar surface area (TPSA) is 50.6 Å². The van der Waals surface area contributed by atoms with E-state index in [0.717, 1.165) is 56.6 Å². The minimum Gasteiger partial charge on any atom is -0.376 e. The van der Waals surface area contributed by atoms with Crippen LogP contribution in [0.4, 0.5) is 0 Å². The molecule has 0 spiro atoms. The standard InChI is InChI=1S/C18H30N4O2/c1-20(2)12-14-7-8-22-17(10-14)16(11-19-22)18(23)21(3)13-15-6-4-5-9-24-15/h11,14-15H,4-10,12-13H2,1-3H3/t14-,15+/m0/s1. The molecule has 1 amide bonds. The molecule has 1 saturated heterocycles. The number of likely N-dealkylation sites (N-methyl/N-ethyl adjacent to an activating group) is 1. The Morgan fingerprint density at radius 1 is 1.29 bits per heavy atom. The zero-order valence-electron chi connectivity index (χ0n) is 15.2. The third-order valence-corrected chi connectivity index (χ3v) is 5.13. The fourth-order valence-electron chi connectivity index (χ4n) is 3.90. The van der Waals surface area contributed by atoms with Gasteiger partial charge in [-0.05, 0) is 52.1 Å². The van der Waals surface area contributed by atoms with Gasteiger partial charge in [-0.1, -0.05) is 0 Å². The first-order chi connectivity index (χ1) is 11.5. The number of carbonyl (C=O) groups excluding carboxylic acids is 1. The van der Waals surface area contributed by atoms with Gasteiger partial charge in [-0.15, -0.1) is 0 Å². The zero-order chi connectivity index (χ0) is 17.1. The molecule has 6 heteroatoms. The zero-order valence-corrected chi connectivity index (χ0v) is 15.2. The highest BCUT2D eigenvalue weighted by Gasteiger charge is 2.28. The molecule has 0 N–H and O–H groups in total. The highest BCUT2D eigenvalue weighted by atomic mass is 16.5. The van der Waals surface area contributed by atoms with E-state index in [9.17, 15) is 4.79 Å². The molecule has 1 aromatic rings. The summed E-state index contributed by atoms with van der Waals surface area (Å²) in [5.74, 6) is 0.679. The van der Waals surface area contributed by atoms with Crippen LogP contribution in [0.2, 0.25) is 0 Å². The molecule has 2 aliphatic heterocycles. The van der Waals surface area contributed by atoms with Gasteiger partial charge in [0, 0.05) is 33.3 Å². The van der Waals surface area contributed by atoms with Gasteiger partial charge in [-0.2, -0.15) is 5.10 Å². The molecule has 3 heterocycles. The largest absolute Gasteiger partial charge is 0.376 e. The SMILES string of the molecule is CN(C)C[C@H]1CCn2ncc(C(=O)N(C)C[C@H]3CCCCO3)c2C1. The Bertz CT molecular complexity index is 563. The van der Waals surface area contributed by atoms with Crippen molar-refractivity contribution < 1.29 is 9.53 Å². The van der Waals surface area contributed by atoms with E-state index in [4.69, 9.17) is 4.74 Å². The fourth-order valence-corrected chi connectivity index (χ4v) is 3.90. The van der Waals surface area contributed by atoms with Gasteiger partial charge in [0.1, 0.15) is 0 Å². The second-order valence-corrected chi connectivity index (χ2v) is 7.52. The van der Waals surface area contributed by atoms with Crippen molar-refractivity contribution in [3.63, 3.8) is 0 Å². The van der Waals surface area contributed by atoms with E-state index < -0.39 is 0 Å². The first-order valence-electron chi connectivity index (χ1n) is 9.11. The first-order valence-corrected chi connectivity index (χ1v) is 9.11. The highest BCUT2D eigenvalue weighted by Crippen LogP contribution is 2.24. The number of nitrogens with zero attached hydrogens (tertiary/aromatic N) is 4. The van der Waals surface area contributed by atoms with E-state index in [0.29, 0.717) is 12.5 Å². The number of hydrogen-bond acceptors (Lipinski definition) is 4. The lowest BCUT2D eigenvalue weighted by molar-refractivity contribution is -0.000222. The van der Waals surface area contributed by atoms with Gasteiger partial charge in [-0.3, -0.25) is 9.48 Å². The number of aromatic nitrogens is 2. The average Bonchev–Trinajstić information content (AvgIpc) is 2.97. The van der Waals surface area contributed by atoms with Crippen LogP contribution in [-0.2, 0) is 17.7 Å². The average molecular weight is 334 g/mol. The van der Waals surface area contributed by atoms with E-state index in [2.05, 4.69) is 24.1 Å². The Kier molecular flexibility index (Phi) is 5.56. The highest BCUT2D eigenvalue weighted by molar-refractivity contribution is 5.95. The summed E-state index contributed by atoms with van der Waals surface area (Å²) in [7, 11) is 6.09. The maximum Gasteiger partial charge on any atom is 0.257 e. The number of amides is 1. The Labute approximate surface area is 144 Å². The second-order valence-electron chi connectivity index (χ2n) is 7.52. The van der Waals surface area contributed by atoms with Gasteiger partial charge in [0.25, 0.3) is 5.91 Å². The molecular weight excluding hydrogens is 304 g/mol. The summed E-state index contributed by atoms with van der Waals surface area (Å²) in [5.41, 5.74) is 1.88. The van der Waals surface area contributed by atoms with Gasteiger partial charge >= 0.3 is 0 Å². The van der Waals surface area contributed by atoms with E-state index in [1.54, 1.807) is 6.20 Å². The van der Waals surface area contributed by atoms with E-state index in [-0.39, 0.29) is 12.0 Å². The summed E-state index contributed by atoms with van der Waals surface area (Å²) in [6, 6.07) is 0. The molecule has 1 aromatic heterocycles. The third-order valence-electron chi connectivity index (χ3n) is 5.13. The number of carbonyl (C=O) groups is 1. The first kappa shape index (κ1) is 17.4. The molecule has 6 nitrogen and oxygen atoms in total. The fraction of sp³-hybridized carbons (Fsp3) is 0.778. The van der Waals surface area contributed by atoms with Crippen molar-refractivity contribution in [1.29, 1.82) is 0 Å². The van der Waals surface area contributed by atoms with Gasteiger partial charge in [-0.25, -0.2) is 0 Å². The van der Waals surface area contributed by atoms with Crippen molar-refractivity contribution in [2.75, 3.05) is 40.8 Å². The molecule has 0 aliphatic carbocycles. The summed E-state index contributed by atoms with van der Waals surface area (Å²) in [6.07, 6.45) is 7.39. The van der Waals surface area contributed by atoms with Crippen LogP contribution < -0.4 is 0 Å². The third kappa shape index (κ3) is 3.98. The summed E-state index contributed by atoms with van der Waals surface area (Å²) in [6.45, 7) is 3.47. The number of hydrogen-bond donors (Lipinski definition) is 0. The van der Waals surface area contributed by atoms with Gasteiger partial charge in [0.15, 0.2) is 0 Å². The Morgan fingerprint density at radius 2 is 2.12 bits per heavy atom. The van der Waals surface area contributed by atoms with Crippen LogP contribution in [0.5, 0.6) is 0 Å². The molecule has 0 unspecified atom stereocenters. The molecule has 24 heavy (non-hydrogen) atoms. The molecule has 1 fully saturated rings. The summed E-state index contributed by atoms with van der Waals surface area (Å²) in [5, 5.41) is 4.44. The molecule has 134 valence electrons. The maximum absolute atomic E-state index is 12.9. The molecule has 0 radical (unpaired) electrons. The predicted molar refractivity (Wildman–Crippen MR) is 93.1 cm³/mol. The number of fused-ring (bicyclic) bond motifs is 1. The smallest absolute Gasteiger partial charge is 0.257 e. The van der Waals surface area contributed by atoms with Crippen molar-refractivity contribution in [3.8, 4) is 0 Å². The Balaban J connectivity index is 1.66. The van der Waals surface area contributed by atoms with Crippen molar-refractivity contribution in [2.45, 2.75) is 44.8 Å². The van der Waals surface area contributed by atoms with Crippen LogP contribution in [-0.4, -0.2) is 72.4 Å². The van der Waals surface area contributed by atoms with Crippen LogP contribution in [0.1, 0.15) is 41.7 Å². The predicted octanol–water partition coefficient (Wildman–Crippen LogP) is 1.65. The summed E-state index contributed by atoms with van der Waals surface area (Å²) >= 11 is 0. The summed E-state index contributed by atoms with van der Waals surface area (Å²) < 4.78 is 7.79. The second kappa shape index (κ2) is 7.66. The van der Waals surface area contributed by atoms with Crippen LogP contribution in [0.15, 0.2) is 6.20 Å². The van der Waals surface area contributed by atoms with E-state index in [1.807, 2.05) is 16.6 Å². The number of ether oxygens (including phenoxy) is 1. The molecule has 0 bridgehead atoms. The van der Waals surface area contributed by atoms with Gasteiger partial charge in [0.05, 0.1) is 23.6 Å². The van der Waals surface area contributed by atoms with Gasteiger partial charge in [0.2, 0.25) is 0 Å². The van der Waals surface area contributed by atoms with Crippen LogP contribution in [0, 0.1) is 5.92 Å². The van der Waals surface area contributed by atoms with E-state index in [1.165, 1.54) is 6.42 Å². The minimum atomic E-state index is 0.0796. The van der Waals surface area contributed by atoms with Crippen molar-refractivity contribution >= 4 is 5.91 Å². The molecule has 3 rings (SSSR count). The molecule has 2 atom stereocenters.